The Morgan fingerprint density at radius 2 is 2.00 bits per heavy atom. The highest BCUT2D eigenvalue weighted by molar-refractivity contribution is 6.34. The molecular weight excluding hydrogens is 403 g/mol. The fourth-order valence-electron chi connectivity index (χ4n) is 2.54. The Hall–Kier alpha value is -2.98. The summed E-state index contributed by atoms with van der Waals surface area (Å²) in [5.41, 5.74) is -0.961. The summed E-state index contributed by atoms with van der Waals surface area (Å²) >= 11 is 12.3. The first-order valence-electron chi connectivity index (χ1n) is 7.36. The Morgan fingerprint density at radius 1 is 1.33 bits per heavy atom. The molecule has 1 aromatic carbocycles. The summed E-state index contributed by atoms with van der Waals surface area (Å²) in [5, 5.41) is 34.2. The molecular formula is C15H11Cl2N4O6+. The molecule has 140 valence electrons. The lowest BCUT2D eigenvalue weighted by atomic mass is 10.0. The summed E-state index contributed by atoms with van der Waals surface area (Å²) < 4.78 is 5.58. The van der Waals surface area contributed by atoms with Crippen molar-refractivity contribution in [3.05, 3.63) is 49.3 Å². The molecule has 2 N–H and O–H groups in total. The van der Waals surface area contributed by atoms with E-state index >= 15 is 0 Å². The predicted molar refractivity (Wildman–Crippen MR) is 94.1 cm³/mol. The van der Waals surface area contributed by atoms with Crippen molar-refractivity contribution in [3.8, 4) is 23.0 Å². The molecule has 0 fully saturated rings. The number of hydrogen-bond acceptors (Lipinski definition) is 8. The highest BCUT2D eigenvalue weighted by atomic mass is 35.5. The topological polar surface area (TPSA) is 143 Å². The molecule has 10 nitrogen and oxygen atoms in total. The highest BCUT2D eigenvalue weighted by Crippen LogP contribution is 2.40. The van der Waals surface area contributed by atoms with Gasteiger partial charge in [0.05, 0.1) is 20.8 Å². The third-order valence-electron chi connectivity index (χ3n) is 4.01. The molecule has 0 saturated carbocycles. The Balaban J connectivity index is 2.11. The Labute approximate surface area is 161 Å². The van der Waals surface area contributed by atoms with Gasteiger partial charge in [-0.1, -0.05) is 16.8 Å². The van der Waals surface area contributed by atoms with Crippen molar-refractivity contribution in [2.75, 3.05) is 0 Å². The van der Waals surface area contributed by atoms with E-state index in [0.717, 1.165) is 12.1 Å². The van der Waals surface area contributed by atoms with Gasteiger partial charge in [-0.15, -0.1) is 0 Å². The molecule has 2 aromatic rings. The van der Waals surface area contributed by atoms with E-state index in [2.05, 4.69) is 10.1 Å². The van der Waals surface area contributed by atoms with Crippen LogP contribution in [0.15, 0.2) is 33.0 Å². The fraction of sp³-hybridized carbons (Fsp3) is 0.200. The molecule has 1 atom stereocenters. The number of phenols is 2. The van der Waals surface area contributed by atoms with Crippen LogP contribution in [0.3, 0.4) is 0 Å². The molecule has 1 aliphatic rings. The normalized spacial score (nSPS) is 17.6. The van der Waals surface area contributed by atoms with Crippen LogP contribution in [-0.2, 0) is 0 Å². The first-order chi connectivity index (χ1) is 12.6. The Bertz CT molecular complexity index is 1060. The van der Waals surface area contributed by atoms with Crippen molar-refractivity contribution in [3.63, 3.8) is 0 Å². The number of allylic oxidation sites excluding steroid dienone is 3. The van der Waals surface area contributed by atoms with Gasteiger partial charge in [-0.05, 0) is 30.2 Å². The minimum absolute atomic E-state index is 0.00673. The fourth-order valence-corrected chi connectivity index (χ4v) is 3.14. The number of aromatic nitrogens is 2. The summed E-state index contributed by atoms with van der Waals surface area (Å²) in [6.45, 7) is 3.15. The molecule has 0 spiro atoms. The van der Waals surface area contributed by atoms with Crippen LogP contribution in [0.1, 0.15) is 19.7 Å². The number of aromatic hydroxyl groups is 2. The number of nitro benzene ring substituents is 1. The van der Waals surface area contributed by atoms with E-state index in [1.54, 1.807) is 6.92 Å². The summed E-state index contributed by atoms with van der Waals surface area (Å²) in [5.74, 6) is -1.84. The monoisotopic (exact) mass is 413 g/mol. The van der Waals surface area contributed by atoms with Gasteiger partial charge in [-0.3, -0.25) is 10.1 Å². The number of benzene rings is 1. The molecule has 0 aliphatic carbocycles. The van der Waals surface area contributed by atoms with E-state index in [0.29, 0.717) is 10.3 Å². The molecule has 1 aliphatic heterocycles. The van der Waals surface area contributed by atoms with Crippen LogP contribution >= 0.6 is 23.2 Å². The first-order valence-corrected chi connectivity index (χ1v) is 8.17. The van der Waals surface area contributed by atoms with Crippen LogP contribution in [0.5, 0.6) is 11.5 Å². The lowest BCUT2D eigenvalue weighted by molar-refractivity contribution is -0.503. The van der Waals surface area contributed by atoms with Gasteiger partial charge in [0.15, 0.2) is 5.75 Å². The van der Waals surface area contributed by atoms with Gasteiger partial charge in [0.2, 0.25) is 11.6 Å². The summed E-state index contributed by atoms with van der Waals surface area (Å²) in [7, 11) is 0. The van der Waals surface area contributed by atoms with E-state index in [-0.39, 0.29) is 33.6 Å². The number of halogens is 2. The minimum Gasteiger partial charge on any atom is -0.504 e. The second-order valence-corrected chi connectivity index (χ2v) is 6.43. The SMILES string of the molecule is CC1=C(c2noc(-c3cc(O)c(O)c([N+](=O)[O-])c3)n2)C(Cl)[N+](=O)C(C)=C1Cl. The molecule has 3 rings (SSSR count). The number of nitroso groups, excluding NO2 is 1. The number of rotatable bonds is 3. The average Bonchev–Trinajstić information content (AvgIpc) is 3.10. The third-order valence-corrected chi connectivity index (χ3v) is 4.96. The zero-order chi connectivity index (χ0) is 20.0. The smallest absolute Gasteiger partial charge is 0.315 e. The molecule has 0 bridgehead atoms. The number of phenolic OH excluding ortho intramolecular Hbond substituents is 2. The van der Waals surface area contributed by atoms with E-state index in [9.17, 15) is 25.2 Å². The van der Waals surface area contributed by atoms with Crippen molar-refractivity contribution in [1.82, 2.24) is 10.1 Å². The maximum Gasteiger partial charge on any atom is 0.315 e. The van der Waals surface area contributed by atoms with Crippen LogP contribution in [0.2, 0.25) is 0 Å². The van der Waals surface area contributed by atoms with Crippen molar-refractivity contribution >= 4 is 34.5 Å². The zero-order valence-electron chi connectivity index (χ0n) is 13.8. The van der Waals surface area contributed by atoms with Crippen molar-refractivity contribution in [2.24, 2.45) is 0 Å². The van der Waals surface area contributed by atoms with Gasteiger partial charge in [0.25, 0.3) is 11.6 Å². The van der Waals surface area contributed by atoms with Crippen molar-refractivity contribution < 1.29 is 24.4 Å². The minimum atomic E-state index is -1.15. The predicted octanol–water partition coefficient (Wildman–Crippen LogP) is 3.66. The van der Waals surface area contributed by atoms with Gasteiger partial charge in [0.1, 0.15) is 5.03 Å². The van der Waals surface area contributed by atoms with E-state index in [1.807, 2.05) is 0 Å². The Kier molecular flexibility index (Phi) is 4.62. The summed E-state index contributed by atoms with van der Waals surface area (Å²) in [4.78, 5) is 26.3. The zero-order valence-corrected chi connectivity index (χ0v) is 15.3. The van der Waals surface area contributed by atoms with Crippen LogP contribution in [-0.4, -0.2) is 35.5 Å². The Morgan fingerprint density at radius 3 is 2.63 bits per heavy atom. The number of hydrogen-bond donors (Lipinski definition) is 2. The van der Waals surface area contributed by atoms with Crippen LogP contribution in [0, 0.1) is 15.0 Å². The second-order valence-electron chi connectivity index (χ2n) is 5.64. The lowest BCUT2D eigenvalue weighted by Gasteiger charge is -2.14. The molecule has 0 saturated heterocycles. The highest BCUT2D eigenvalue weighted by Gasteiger charge is 2.41. The molecule has 0 amide bonds. The van der Waals surface area contributed by atoms with Crippen LogP contribution in [0.25, 0.3) is 17.0 Å². The second kappa shape index (κ2) is 6.63. The molecule has 1 aromatic heterocycles. The first kappa shape index (κ1) is 18.8. The largest absolute Gasteiger partial charge is 0.504 e. The maximum atomic E-state index is 12.1. The molecule has 0 radical (unpaired) electrons. The van der Waals surface area contributed by atoms with Crippen molar-refractivity contribution in [1.29, 1.82) is 0 Å². The van der Waals surface area contributed by atoms with Gasteiger partial charge >= 0.3 is 11.2 Å². The van der Waals surface area contributed by atoms with Crippen molar-refractivity contribution in [2.45, 2.75) is 19.3 Å². The van der Waals surface area contributed by atoms with E-state index in [1.165, 1.54) is 6.92 Å². The lowest BCUT2D eigenvalue weighted by Crippen LogP contribution is -2.24. The molecule has 1 unspecified atom stereocenters. The number of nitrogens with zero attached hydrogens (tertiary/aromatic N) is 4. The standard InChI is InChI=1S/C15H10Cl2N4O6/c1-5-10(13(17)20(24)6(2)11(5)16)14-18-15(27-19-14)7-3-8(21(25)26)12(23)9(22)4-7/h3-4,13H,1-2H3,(H-,18,19,22,23,24)/p+1. The van der Waals surface area contributed by atoms with E-state index in [4.69, 9.17) is 27.7 Å². The quantitative estimate of drug-likeness (QED) is 0.194. The van der Waals surface area contributed by atoms with Gasteiger partial charge in [-0.2, -0.15) is 4.98 Å². The number of alkyl halides is 1. The summed E-state index contributed by atoms with van der Waals surface area (Å²) in [6, 6.07) is 1.99. The average molecular weight is 414 g/mol. The van der Waals surface area contributed by atoms with E-state index < -0.39 is 27.6 Å². The van der Waals surface area contributed by atoms with Gasteiger partial charge < -0.3 is 14.7 Å². The third kappa shape index (κ3) is 3.02. The van der Waals surface area contributed by atoms with Crippen LogP contribution < -0.4 is 0 Å². The maximum absolute atomic E-state index is 12.1. The number of nitro groups is 1. The molecule has 12 heteroatoms. The molecule has 2 heterocycles. The van der Waals surface area contributed by atoms with Crippen LogP contribution in [0.4, 0.5) is 5.69 Å². The summed E-state index contributed by atoms with van der Waals surface area (Å²) in [6.07, 6.45) is 0. The van der Waals surface area contributed by atoms with Gasteiger partial charge in [-0.25, -0.2) is 0 Å². The molecule has 27 heavy (non-hydrogen) atoms. The van der Waals surface area contributed by atoms with Gasteiger partial charge in [0, 0.05) is 17.9 Å².